The van der Waals surface area contributed by atoms with Gasteiger partial charge >= 0.3 is 0 Å². The van der Waals surface area contributed by atoms with Crippen molar-refractivity contribution in [2.24, 2.45) is 12.0 Å². The molecule has 150 valence electrons. The third-order valence-electron chi connectivity index (χ3n) is 3.69. The maximum Gasteiger partial charge on any atom is 0.191 e. The number of rotatable bonds is 8. The van der Waals surface area contributed by atoms with Crippen molar-refractivity contribution in [2.75, 3.05) is 26.2 Å². The molecule has 0 saturated heterocycles. The molecule has 3 N–H and O–H groups in total. The van der Waals surface area contributed by atoms with Crippen LogP contribution in [0.25, 0.3) is 0 Å². The first-order chi connectivity index (χ1) is 12.4. The van der Waals surface area contributed by atoms with Gasteiger partial charge in [-0.2, -0.15) is 5.10 Å². The molecule has 0 aliphatic rings. The minimum absolute atomic E-state index is 0. The number of aromatic nitrogens is 2. The molecule has 0 saturated carbocycles. The summed E-state index contributed by atoms with van der Waals surface area (Å²) in [5, 5.41) is 21.1. The predicted octanol–water partition coefficient (Wildman–Crippen LogP) is 2.64. The van der Waals surface area contributed by atoms with Crippen molar-refractivity contribution < 1.29 is 9.84 Å². The molecule has 1 aromatic carbocycles. The van der Waals surface area contributed by atoms with Crippen LogP contribution in [0.3, 0.4) is 0 Å². The van der Waals surface area contributed by atoms with Crippen molar-refractivity contribution >= 4 is 45.9 Å². The molecule has 0 radical (unpaired) electrons. The van der Waals surface area contributed by atoms with Gasteiger partial charge in [0, 0.05) is 29.8 Å². The molecule has 0 bridgehead atoms. The van der Waals surface area contributed by atoms with Crippen molar-refractivity contribution in [1.82, 2.24) is 20.4 Å². The van der Waals surface area contributed by atoms with Crippen molar-refractivity contribution in [3.63, 3.8) is 0 Å². The van der Waals surface area contributed by atoms with E-state index in [-0.39, 0.29) is 30.5 Å². The van der Waals surface area contributed by atoms with Crippen LogP contribution in [0.1, 0.15) is 19.4 Å². The predicted molar refractivity (Wildman–Crippen MR) is 122 cm³/mol. The Hall–Kier alpha value is -1.33. The number of hydrogen-bond acceptors (Lipinski definition) is 4. The molecule has 0 aliphatic heterocycles. The zero-order valence-electron chi connectivity index (χ0n) is 15.8. The monoisotopic (exact) mass is 551 g/mol. The number of guanidine groups is 1. The molecule has 2 rings (SSSR count). The Morgan fingerprint density at radius 3 is 2.63 bits per heavy atom. The molecule has 0 amide bonds. The third-order valence-corrected chi connectivity index (χ3v) is 4.22. The fourth-order valence-corrected chi connectivity index (χ4v) is 2.50. The zero-order chi connectivity index (χ0) is 19.0. The summed E-state index contributed by atoms with van der Waals surface area (Å²) in [6, 6.07) is 7.70. The molecule has 1 atom stereocenters. The average Bonchev–Trinajstić information content (AvgIpc) is 3.05. The molecule has 2 aromatic rings. The van der Waals surface area contributed by atoms with Crippen LogP contribution in [0.5, 0.6) is 5.75 Å². The standard InChI is InChI=1S/C18H26BrN5O2.HI/c1-4-20-17(21-9-10-26-16-7-5-15(19)6-8-16)22-13-18(2,25)14-11-23-24(3)12-14;/h5-8,11-12,25H,4,9-10,13H2,1-3H3,(H2,20,21,22);1H. The first-order valence-corrected chi connectivity index (χ1v) is 9.32. The Balaban J connectivity index is 0.00000364. The summed E-state index contributed by atoms with van der Waals surface area (Å²) >= 11 is 3.40. The summed E-state index contributed by atoms with van der Waals surface area (Å²) in [6.45, 7) is 5.78. The summed E-state index contributed by atoms with van der Waals surface area (Å²) in [4.78, 5) is 4.47. The molecule has 1 unspecified atom stereocenters. The van der Waals surface area contributed by atoms with Gasteiger partial charge in [-0.1, -0.05) is 15.9 Å². The molecule has 27 heavy (non-hydrogen) atoms. The highest BCUT2D eigenvalue weighted by molar-refractivity contribution is 14.0. The van der Waals surface area contributed by atoms with Crippen molar-refractivity contribution in [3.8, 4) is 5.75 Å². The normalized spacial score (nSPS) is 13.4. The molecule has 9 heteroatoms. The summed E-state index contributed by atoms with van der Waals surface area (Å²) in [6.07, 6.45) is 3.45. The largest absolute Gasteiger partial charge is 0.492 e. The second kappa shape index (κ2) is 11.5. The number of nitrogens with one attached hydrogen (secondary N) is 2. The summed E-state index contributed by atoms with van der Waals surface area (Å²) in [5.74, 6) is 1.45. The Morgan fingerprint density at radius 1 is 1.33 bits per heavy atom. The van der Waals surface area contributed by atoms with Gasteiger partial charge in [-0.25, -0.2) is 4.99 Å². The van der Waals surface area contributed by atoms with Crippen LogP contribution in [-0.4, -0.2) is 47.1 Å². The quantitative estimate of drug-likeness (QED) is 0.203. The van der Waals surface area contributed by atoms with E-state index in [0.717, 1.165) is 22.3 Å². The van der Waals surface area contributed by atoms with E-state index in [2.05, 4.69) is 36.7 Å². The number of nitrogens with zero attached hydrogens (tertiary/aromatic N) is 3. The molecule has 0 spiro atoms. The Morgan fingerprint density at radius 2 is 2.04 bits per heavy atom. The number of aliphatic hydroxyl groups is 1. The summed E-state index contributed by atoms with van der Waals surface area (Å²) < 4.78 is 8.36. The van der Waals surface area contributed by atoms with Gasteiger partial charge in [-0.3, -0.25) is 4.68 Å². The van der Waals surface area contributed by atoms with Gasteiger partial charge in [0.15, 0.2) is 5.96 Å². The van der Waals surface area contributed by atoms with Crippen LogP contribution in [-0.2, 0) is 12.6 Å². The topological polar surface area (TPSA) is 83.7 Å². The maximum absolute atomic E-state index is 10.6. The van der Waals surface area contributed by atoms with Gasteiger partial charge in [-0.15, -0.1) is 24.0 Å². The van der Waals surface area contributed by atoms with Gasteiger partial charge < -0.3 is 20.5 Å². The highest BCUT2D eigenvalue weighted by Crippen LogP contribution is 2.19. The van der Waals surface area contributed by atoms with Crippen LogP contribution in [0, 0.1) is 0 Å². The van der Waals surface area contributed by atoms with E-state index >= 15 is 0 Å². The lowest BCUT2D eigenvalue weighted by atomic mass is 10.0. The number of aryl methyl sites for hydroxylation is 1. The zero-order valence-corrected chi connectivity index (χ0v) is 19.7. The van der Waals surface area contributed by atoms with Gasteiger partial charge in [0.05, 0.1) is 19.3 Å². The first kappa shape index (κ1) is 23.7. The first-order valence-electron chi connectivity index (χ1n) is 8.53. The van der Waals surface area contributed by atoms with Crippen LogP contribution in [0.2, 0.25) is 0 Å². The van der Waals surface area contributed by atoms with E-state index in [0.29, 0.717) is 19.1 Å². The minimum atomic E-state index is -1.08. The smallest absolute Gasteiger partial charge is 0.191 e. The van der Waals surface area contributed by atoms with Gasteiger partial charge in [0.2, 0.25) is 0 Å². The molecular weight excluding hydrogens is 525 g/mol. The number of aliphatic imine (C=N–C) groups is 1. The summed E-state index contributed by atoms with van der Waals surface area (Å²) in [7, 11) is 1.82. The van der Waals surface area contributed by atoms with E-state index in [1.807, 2.05) is 38.2 Å². The number of benzene rings is 1. The highest BCUT2D eigenvalue weighted by atomic mass is 127. The SMILES string of the molecule is CCNC(=NCC(C)(O)c1cnn(C)c1)NCCOc1ccc(Br)cc1.I. The van der Waals surface area contributed by atoms with Gasteiger partial charge in [-0.05, 0) is 38.1 Å². The summed E-state index contributed by atoms with van der Waals surface area (Å²) in [5.41, 5.74) is -0.344. The second-order valence-electron chi connectivity index (χ2n) is 6.10. The van der Waals surface area contributed by atoms with E-state index in [9.17, 15) is 5.11 Å². The lowest BCUT2D eigenvalue weighted by Gasteiger charge is -2.20. The minimum Gasteiger partial charge on any atom is -0.492 e. The molecule has 0 aliphatic carbocycles. The number of ether oxygens (including phenoxy) is 1. The van der Waals surface area contributed by atoms with Crippen molar-refractivity contribution in [2.45, 2.75) is 19.4 Å². The van der Waals surface area contributed by atoms with Crippen molar-refractivity contribution in [1.29, 1.82) is 0 Å². The van der Waals surface area contributed by atoms with Crippen LogP contribution in [0.4, 0.5) is 0 Å². The Bertz CT molecular complexity index is 719. The fourth-order valence-electron chi connectivity index (χ4n) is 2.23. The van der Waals surface area contributed by atoms with E-state index in [1.165, 1.54) is 0 Å². The van der Waals surface area contributed by atoms with E-state index < -0.39 is 5.60 Å². The molecule has 0 fully saturated rings. The molecule has 1 aromatic heterocycles. The lowest BCUT2D eigenvalue weighted by Crippen LogP contribution is -2.40. The highest BCUT2D eigenvalue weighted by Gasteiger charge is 2.24. The Labute approximate surface area is 185 Å². The Kier molecular flexibility index (Phi) is 10.1. The van der Waals surface area contributed by atoms with Gasteiger partial charge in [0.1, 0.15) is 18.0 Å². The number of hydrogen-bond donors (Lipinski definition) is 3. The van der Waals surface area contributed by atoms with Crippen LogP contribution < -0.4 is 15.4 Å². The van der Waals surface area contributed by atoms with E-state index in [1.54, 1.807) is 24.0 Å². The molecule has 7 nitrogen and oxygen atoms in total. The average molecular weight is 552 g/mol. The van der Waals surface area contributed by atoms with Crippen molar-refractivity contribution in [3.05, 3.63) is 46.7 Å². The van der Waals surface area contributed by atoms with Crippen LogP contribution in [0.15, 0.2) is 46.1 Å². The number of halogens is 2. The van der Waals surface area contributed by atoms with Crippen LogP contribution >= 0.6 is 39.9 Å². The molecular formula is C18H27BrIN5O2. The lowest BCUT2D eigenvalue weighted by molar-refractivity contribution is 0.0672. The fraction of sp³-hybridized carbons (Fsp3) is 0.444. The third kappa shape index (κ3) is 8.06. The van der Waals surface area contributed by atoms with Gasteiger partial charge in [0.25, 0.3) is 0 Å². The van der Waals surface area contributed by atoms with E-state index in [4.69, 9.17) is 4.74 Å². The maximum atomic E-state index is 10.6. The second-order valence-corrected chi connectivity index (χ2v) is 7.02. The molecule has 1 heterocycles.